The van der Waals surface area contributed by atoms with Crippen LogP contribution < -0.4 is 14.5 Å². The van der Waals surface area contributed by atoms with E-state index in [1.165, 1.54) is 16.8 Å². The number of para-hydroxylation sites is 3. The normalized spacial score (nSPS) is 19.3. The number of fused-ring (bicyclic) bond motifs is 2. The maximum absolute atomic E-state index is 6.05. The van der Waals surface area contributed by atoms with Gasteiger partial charge < -0.3 is 19.0 Å². The molecule has 4 rings (SSSR count). The summed E-state index contributed by atoms with van der Waals surface area (Å²) in [6, 6.07) is 16.8. The first kappa shape index (κ1) is 20.3. The highest BCUT2D eigenvalue weighted by Gasteiger charge is 2.25. The monoisotopic (exact) mass is 402 g/mol. The number of rotatable bonds is 6. The maximum Gasteiger partial charge on any atom is 0.192 e. The Morgan fingerprint density at radius 1 is 1.00 bits per heavy atom. The van der Waals surface area contributed by atoms with Crippen LogP contribution in [0.1, 0.15) is 12.0 Å². The molecule has 2 heterocycles. The zero-order valence-corrected chi connectivity index (χ0v) is 18.5. The zero-order chi connectivity index (χ0) is 21.1. The third-order valence-corrected chi connectivity index (χ3v) is 5.61. The van der Waals surface area contributed by atoms with Crippen molar-refractivity contribution in [3.63, 3.8) is 0 Å². The molecular weight excluding hydrogens is 370 g/mol. The number of anilines is 2. The number of quaternary nitrogens is 1. The number of hydrogen-bond donors (Lipinski definition) is 0. The first-order valence-corrected chi connectivity index (χ1v) is 10.6. The molecule has 2 aromatic rings. The average molecular weight is 403 g/mol. The second-order valence-electron chi connectivity index (χ2n) is 8.99. The van der Waals surface area contributed by atoms with E-state index >= 15 is 0 Å². The van der Waals surface area contributed by atoms with E-state index in [1.807, 2.05) is 18.2 Å². The van der Waals surface area contributed by atoms with E-state index in [2.05, 4.69) is 98.8 Å². The van der Waals surface area contributed by atoms with Gasteiger partial charge in [0, 0.05) is 37.5 Å². The lowest BCUT2D eigenvalue weighted by Gasteiger charge is -2.29. The van der Waals surface area contributed by atoms with Gasteiger partial charge in [-0.05, 0) is 35.9 Å². The Hall–Kier alpha value is -2.98. The van der Waals surface area contributed by atoms with E-state index in [0.717, 1.165) is 35.4 Å². The SMILES string of the molecule is CN1c2ccccc2OC1/C=C\C=C1\C=CN(CCC[N+](C)(C)C)c2ccccc21. The molecule has 0 aliphatic carbocycles. The summed E-state index contributed by atoms with van der Waals surface area (Å²) in [7, 11) is 8.81. The Morgan fingerprint density at radius 2 is 1.73 bits per heavy atom. The second kappa shape index (κ2) is 8.41. The molecule has 0 saturated heterocycles. The van der Waals surface area contributed by atoms with Crippen molar-refractivity contribution in [2.75, 3.05) is 51.1 Å². The Bertz CT molecular complexity index is 984. The van der Waals surface area contributed by atoms with E-state index in [1.54, 1.807) is 0 Å². The fourth-order valence-electron chi connectivity index (χ4n) is 3.98. The lowest BCUT2D eigenvalue weighted by Crippen LogP contribution is -2.37. The van der Waals surface area contributed by atoms with Crippen molar-refractivity contribution in [2.24, 2.45) is 0 Å². The van der Waals surface area contributed by atoms with Gasteiger partial charge in [0.25, 0.3) is 0 Å². The molecule has 2 aliphatic rings. The highest BCUT2D eigenvalue weighted by atomic mass is 16.5. The highest BCUT2D eigenvalue weighted by molar-refractivity contribution is 5.86. The lowest BCUT2D eigenvalue weighted by molar-refractivity contribution is -0.870. The minimum atomic E-state index is -0.0749. The molecule has 1 unspecified atom stereocenters. The minimum Gasteiger partial charge on any atom is -0.465 e. The van der Waals surface area contributed by atoms with Gasteiger partial charge in [-0.15, -0.1) is 0 Å². The van der Waals surface area contributed by atoms with Gasteiger partial charge in [-0.1, -0.05) is 42.5 Å². The fourth-order valence-corrected chi connectivity index (χ4v) is 3.98. The topological polar surface area (TPSA) is 15.7 Å². The van der Waals surface area contributed by atoms with Crippen LogP contribution in [-0.2, 0) is 0 Å². The van der Waals surface area contributed by atoms with Gasteiger partial charge in [-0.25, -0.2) is 0 Å². The second-order valence-corrected chi connectivity index (χ2v) is 8.99. The Balaban J connectivity index is 1.47. The van der Waals surface area contributed by atoms with Crippen LogP contribution in [0, 0.1) is 0 Å². The molecule has 0 amide bonds. The van der Waals surface area contributed by atoms with Crippen molar-refractivity contribution in [3.8, 4) is 5.75 Å². The van der Waals surface area contributed by atoms with Gasteiger partial charge >= 0.3 is 0 Å². The fraction of sp³-hybridized carbons (Fsp3) is 0.308. The smallest absolute Gasteiger partial charge is 0.192 e. The van der Waals surface area contributed by atoms with Crippen molar-refractivity contribution >= 4 is 16.9 Å². The van der Waals surface area contributed by atoms with Crippen LogP contribution >= 0.6 is 0 Å². The summed E-state index contributed by atoms with van der Waals surface area (Å²) < 4.78 is 7.05. The third kappa shape index (κ3) is 4.44. The van der Waals surface area contributed by atoms with E-state index in [-0.39, 0.29) is 6.23 Å². The molecule has 2 aromatic carbocycles. The largest absolute Gasteiger partial charge is 0.465 e. The van der Waals surface area contributed by atoms with Crippen LogP contribution in [0.4, 0.5) is 11.4 Å². The summed E-state index contributed by atoms with van der Waals surface area (Å²) in [4.78, 5) is 4.53. The van der Waals surface area contributed by atoms with Crippen LogP contribution in [-0.4, -0.2) is 52.0 Å². The zero-order valence-electron chi connectivity index (χ0n) is 18.5. The van der Waals surface area contributed by atoms with Crippen LogP contribution in [0.25, 0.3) is 5.57 Å². The van der Waals surface area contributed by atoms with Crippen LogP contribution in [0.2, 0.25) is 0 Å². The van der Waals surface area contributed by atoms with Gasteiger partial charge in [0.15, 0.2) is 6.23 Å². The van der Waals surface area contributed by atoms with Crippen molar-refractivity contribution < 1.29 is 9.22 Å². The number of likely N-dealkylation sites (N-methyl/N-ethyl adjacent to an activating group) is 1. The van der Waals surface area contributed by atoms with E-state index < -0.39 is 0 Å². The van der Waals surface area contributed by atoms with E-state index in [4.69, 9.17) is 4.74 Å². The van der Waals surface area contributed by atoms with Gasteiger partial charge in [0.2, 0.25) is 0 Å². The first-order chi connectivity index (χ1) is 14.4. The Kier molecular flexibility index (Phi) is 5.69. The summed E-state index contributed by atoms with van der Waals surface area (Å²) in [5, 5.41) is 0. The molecule has 2 aliphatic heterocycles. The number of benzene rings is 2. The molecule has 0 fully saturated rings. The van der Waals surface area contributed by atoms with Gasteiger partial charge in [0.1, 0.15) is 5.75 Å². The lowest BCUT2D eigenvalue weighted by atomic mass is 9.99. The third-order valence-electron chi connectivity index (χ3n) is 5.61. The van der Waals surface area contributed by atoms with Gasteiger partial charge in [-0.2, -0.15) is 0 Å². The molecule has 0 radical (unpaired) electrons. The Morgan fingerprint density at radius 3 is 2.50 bits per heavy atom. The predicted molar refractivity (Wildman–Crippen MR) is 127 cm³/mol. The van der Waals surface area contributed by atoms with Gasteiger partial charge in [0.05, 0.1) is 33.4 Å². The standard InChI is InChI=1S/C26H32N3O/c1-27-24-14-7-8-15-25(24)30-26(27)16-9-11-21-17-19-28(18-10-20-29(2,3)4)23-13-6-5-12-22(21)23/h5-9,11-17,19,26H,10,18,20H2,1-4H3/q+1/b16-9-,21-11-. The number of hydrogen-bond acceptors (Lipinski definition) is 3. The summed E-state index contributed by atoms with van der Waals surface area (Å²) in [6.07, 6.45) is 11.9. The van der Waals surface area contributed by atoms with Crippen molar-refractivity contribution in [2.45, 2.75) is 12.6 Å². The summed E-state index contributed by atoms with van der Waals surface area (Å²) >= 11 is 0. The molecule has 0 N–H and O–H groups in total. The van der Waals surface area contributed by atoms with Crippen LogP contribution in [0.15, 0.2) is 79.0 Å². The number of allylic oxidation sites excluding steroid dienone is 4. The quantitative estimate of drug-likeness (QED) is 0.639. The number of ether oxygens (including phenoxy) is 1. The predicted octanol–water partition coefficient (Wildman–Crippen LogP) is 4.91. The summed E-state index contributed by atoms with van der Waals surface area (Å²) in [6.45, 7) is 2.19. The highest BCUT2D eigenvalue weighted by Crippen LogP contribution is 2.36. The molecule has 4 heteroatoms. The van der Waals surface area contributed by atoms with Crippen molar-refractivity contribution in [1.29, 1.82) is 0 Å². The molecule has 4 nitrogen and oxygen atoms in total. The summed E-state index contributed by atoms with van der Waals surface area (Å²) in [5.74, 6) is 0.940. The molecule has 0 spiro atoms. The maximum atomic E-state index is 6.05. The minimum absolute atomic E-state index is 0.0749. The van der Waals surface area contributed by atoms with E-state index in [0.29, 0.717) is 0 Å². The first-order valence-electron chi connectivity index (χ1n) is 10.6. The van der Waals surface area contributed by atoms with Crippen LogP contribution in [0.3, 0.4) is 0 Å². The van der Waals surface area contributed by atoms with Crippen LogP contribution in [0.5, 0.6) is 5.75 Å². The van der Waals surface area contributed by atoms with E-state index in [9.17, 15) is 0 Å². The molecule has 30 heavy (non-hydrogen) atoms. The molecular formula is C26H32N3O+. The Labute approximate surface area is 180 Å². The number of nitrogens with zero attached hydrogens (tertiary/aromatic N) is 3. The molecule has 156 valence electrons. The average Bonchev–Trinajstić information content (AvgIpc) is 3.04. The van der Waals surface area contributed by atoms with Gasteiger partial charge in [-0.3, -0.25) is 0 Å². The molecule has 0 bridgehead atoms. The van der Waals surface area contributed by atoms with Crippen molar-refractivity contribution in [1.82, 2.24) is 0 Å². The van der Waals surface area contributed by atoms with Crippen molar-refractivity contribution in [3.05, 3.63) is 84.6 Å². The molecule has 0 saturated carbocycles. The summed E-state index contributed by atoms with van der Waals surface area (Å²) in [5.41, 5.74) is 4.91. The molecule has 0 aromatic heterocycles. The molecule has 1 atom stereocenters.